The predicted molar refractivity (Wildman–Crippen MR) is 399 cm³/mol. The number of hydrogen-bond donors (Lipinski definition) is 6. The van der Waals surface area contributed by atoms with Crippen LogP contribution in [0.1, 0.15) is 125 Å². The summed E-state index contributed by atoms with van der Waals surface area (Å²) in [5.74, 6) is 4.16. The molecule has 7 atom stereocenters. The van der Waals surface area contributed by atoms with E-state index in [1.54, 1.807) is 12.1 Å². The fraction of sp³-hybridized carbons (Fsp3) is 0.452. The van der Waals surface area contributed by atoms with Crippen LogP contribution in [0.5, 0.6) is 0 Å². The number of carboxylic acids is 1. The third-order valence-corrected chi connectivity index (χ3v) is 24.5. The summed E-state index contributed by atoms with van der Waals surface area (Å²) in [5.41, 5.74) is 4.23. The van der Waals surface area contributed by atoms with E-state index in [0.717, 1.165) is 131 Å². The molecule has 12 heterocycles. The first-order valence-electron chi connectivity index (χ1n) is 36.1. The van der Waals surface area contributed by atoms with Crippen LogP contribution < -0.4 is 5.32 Å². The van der Waals surface area contributed by atoms with Gasteiger partial charge in [-0.2, -0.15) is 0 Å². The minimum atomic E-state index is -1.17. The first kappa shape index (κ1) is 71.1. The second-order valence-corrected chi connectivity index (χ2v) is 30.0. The summed E-state index contributed by atoms with van der Waals surface area (Å²) in [6.45, 7) is 14.7. The Balaban J connectivity index is 0.000000173. The molecule has 14 heteroatoms. The van der Waals surface area contributed by atoms with E-state index in [0.29, 0.717) is 64.5 Å². The zero-order valence-corrected chi connectivity index (χ0v) is 58.4. The topological polar surface area (TPSA) is 160 Å². The number of amides is 1. The summed E-state index contributed by atoms with van der Waals surface area (Å²) in [6.07, 6.45) is 17.8. The van der Waals surface area contributed by atoms with Crippen molar-refractivity contribution >= 4 is 35.1 Å². The zero-order chi connectivity index (χ0) is 68.4. The number of nitrogens with one attached hydrogen (secondary N) is 1. The molecule has 6 N–H and O–H groups in total. The van der Waals surface area contributed by atoms with Gasteiger partial charge in [-0.3, -0.25) is 9.59 Å². The van der Waals surface area contributed by atoms with E-state index in [4.69, 9.17) is 34.7 Å². The lowest BCUT2D eigenvalue weighted by molar-refractivity contribution is -0.135. The number of terminal acetylenes is 1. The van der Waals surface area contributed by atoms with Crippen molar-refractivity contribution in [1.82, 2.24) is 24.9 Å². The number of aliphatic hydroxyl groups is 4. The van der Waals surface area contributed by atoms with Gasteiger partial charge >= 0.3 is 5.97 Å². The van der Waals surface area contributed by atoms with Crippen molar-refractivity contribution in [1.29, 1.82) is 0 Å². The fourth-order valence-corrected chi connectivity index (χ4v) is 18.8. The molecule has 7 aromatic rings. The molecule has 7 unspecified atom stereocenters. The van der Waals surface area contributed by atoms with Crippen molar-refractivity contribution in [3.05, 3.63) is 248 Å². The van der Waals surface area contributed by atoms with Gasteiger partial charge in [-0.1, -0.05) is 206 Å². The maximum absolute atomic E-state index is 12.5. The number of halogens is 2. The number of hydrogen-bond acceptors (Lipinski definition) is 10. The van der Waals surface area contributed by atoms with Crippen LogP contribution in [-0.2, 0) is 46.5 Å². The summed E-state index contributed by atoms with van der Waals surface area (Å²) in [6, 6.07) is 61.3. The lowest BCUT2D eigenvalue weighted by atomic mass is 9.65. The van der Waals surface area contributed by atoms with Gasteiger partial charge in [0.15, 0.2) is 5.60 Å². The van der Waals surface area contributed by atoms with E-state index < -0.39 is 40.8 Å². The van der Waals surface area contributed by atoms with Crippen LogP contribution in [-0.4, -0.2) is 142 Å². The van der Waals surface area contributed by atoms with Crippen molar-refractivity contribution in [3.8, 4) is 12.3 Å². The number of fused-ring (bicyclic) bond motifs is 12. The SMILES string of the molecule is C#CC(O)(c1ccccc1)C1CN2CCC1CC2.CCc1ccc(C(O)(Cc2ccccc2)C2CN3CCC2CC3)cc1.O=C(O)CNC(=O)c1ccccc1CCC(O)(c1ccccc1)C1CN2CCC1CC2.OC(c1ccccc1Cl)(c1ccccc1Cl)C1CN2CCC1CC2.[HH].[HH].[HH].[HH]. The van der Waals surface area contributed by atoms with Gasteiger partial charge in [0.25, 0.3) is 5.91 Å². The van der Waals surface area contributed by atoms with Gasteiger partial charge in [0.1, 0.15) is 12.1 Å². The highest BCUT2D eigenvalue weighted by Gasteiger charge is 2.52. The van der Waals surface area contributed by atoms with Crippen molar-refractivity contribution in [2.45, 2.75) is 106 Å². The Labute approximate surface area is 597 Å². The monoisotopic (exact) mass is 1370 g/mol. The largest absolute Gasteiger partial charge is 0.480 e. The molecule has 0 aromatic heterocycles. The van der Waals surface area contributed by atoms with Crippen LogP contribution in [0, 0.1) is 59.7 Å². The molecule has 524 valence electrons. The Kier molecular flexibility index (Phi) is 23.1. The standard InChI is InChI=1S/C25H30N2O4.C23H29NO.C20H21Cl2NO.C16H19NO.4H2/c28-23(29)16-26-24(30)21-9-5-4-6-18(21)10-13-25(31,20-7-2-1-3-8-20)22-17-27-14-11-19(22)12-15-27;1-2-18-8-10-21(11-9-18)23(25,16-19-6-4-3-5-7-19)22-17-24-14-12-20(22)13-15-24;21-18-7-3-1-5-15(18)20(24,16-6-2-4-8-19(16)22)17-13-23-11-9-14(17)10-12-23;1-2-16(18,14-6-4-3-5-7-14)15-12-17-10-8-13(15)9-11-17;;;;/h1-9,19,22,31H,10-17H2,(H,26,30)(H,28,29);3-11,20,22,25H,2,12-17H2,1H3;1-8,14,17,24H,9-13H2;1,3-7,13,15,18H,8-12H2;4*1H. The van der Waals surface area contributed by atoms with Crippen LogP contribution >= 0.6 is 23.2 Å². The summed E-state index contributed by atoms with van der Waals surface area (Å²) < 4.78 is 0. The van der Waals surface area contributed by atoms with E-state index in [2.05, 4.69) is 86.3 Å². The van der Waals surface area contributed by atoms with Crippen molar-refractivity contribution in [2.24, 2.45) is 47.3 Å². The second-order valence-electron chi connectivity index (χ2n) is 29.1. The molecule has 12 fully saturated rings. The maximum Gasteiger partial charge on any atom is 0.322 e. The van der Waals surface area contributed by atoms with Crippen molar-refractivity contribution < 1.29 is 40.8 Å². The number of carbonyl (C=O) groups excluding carboxylic acids is 1. The van der Waals surface area contributed by atoms with Crippen LogP contribution in [0.25, 0.3) is 0 Å². The van der Waals surface area contributed by atoms with E-state index in [1.165, 1.54) is 49.9 Å². The number of aryl methyl sites for hydroxylation is 2. The number of piperidine rings is 12. The van der Waals surface area contributed by atoms with E-state index in [1.807, 2.05) is 127 Å². The first-order valence-corrected chi connectivity index (χ1v) is 36.8. The number of benzene rings is 7. The molecule has 19 rings (SSSR count). The third-order valence-electron chi connectivity index (χ3n) is 23.8. The zero-order valence-electron chi connectivity index (χ0n) is 56.9. The van der Waals surface area contributed by atoms with E-state index >= 15 is 0 Å². The molecule has 98 heavy (non-hydrogen) atoms. The number of aliphatic carboxylic acids is 1. The molecule has 12 saturated heterocycles. The minimum absolute atomic E-state index is 0. The average molecular weight is 1370 g/mol. The Hall–Kier alpha value is -6.70. The van der Waals surface area contributed by atoms with Crippen LogP contribution in [0.4, 0.5) is 0 Å². The van der Waals surface area contributed by atoms with Gasteiger partial charge in [0.05, 0.1) is 11.2 Å². The van der Waals surface area contributed by atoms with Gasteiger partial charge in [-0.15, -0.1) is 6.42 Å². The molecule has 8 bridgehead atoms. The normalized spacial score (nSPS) is 27.5. The molecule has 0 spiro atoms. The average Bonchev–Trinajstić information content (AvgIpc) is 0.748. The Morgan fingerprint density at radius 3 is 1.33 bits per heavy atom. The number of carboxylic acid groups (broad SMARTS) is 1. The lowest BCUT2D eigenvalue weighted by Crippen LogP contribution is -2.55. The highest BCUT2D eigenvalue weighted by atomic mass is 35.5. The predicted octanol–water partition coefficient (Wildman–Crippen LogP) is 14.1. The number of rotatable bonds is 18. The first-order chi connectivity index (χ1) is 47.5. The number of nitrogens with zero attached hydrogens (tertiary/aromatic N) is 4. The van der Waals surface area contributed by atoms with Crippen LogP contribution in [0.2, 0.25) is 10.0 Å². The molecule has 0 aliphatic carbocycles. The molecule has 7 aromatic carbocycles. The van der Waals surface area contributed by atoms with Crippen LogP contribution in [0.15, 0.2) is 188 Å². The summed E-state index contributed by atoms with van der Waals surface area (Å²) in [4.78, 5) is 33.2. The Morgan fingerprint density at radius 2 is 0.888 bits per heavy atom. The summed E-state index contributed by atoms with van der Waals surface area (Å²) in [5, 5.41) is 59.6. The fourth-order valence-electron chi connectivity index (χ4n) is 18.3. The highest BCUT2D eigenvalue weighted by molar-refractivity contribution is 6.32. The number of carbonyl (C=O) groups is 2. The van der Waals surface area contributed by atoms with E-state index in [-0.39, 0.29) is 23.5 Å². The molecule has 12 nitrogen and oxygen atoms in total. The van der Waals surface area contributed by atoms with Gasteiger partial charge in [0, 0.05) is 88.7 Å². The molecule has 12 aliphatic heterocycles. The van der Waals surface area contributed by atoms with Crippen molar-refractivity contribution in [3.63, 3.8) is 0 Å². The summed E-state index contributed by atoms with van der Waals surface area (Å²) in [7, 11) is 0. The second kappa shape index (κ2) is 31.9. The van der Waals surface area contributed by atoms with E-state index in [9.17, 15) is 30.0 Å². The summed E-state index contributed by atoms with van der Waals surface area (Å²) >= 11 is 13.0. The minimum Gasteiger partial charge on any atom is -0.480 e. The molecular weight excluding hydrogens is 1260 g/mol. The highest BCUT2D eigenvalue weighted by Crippen LogP contribution is 2.52. The van der Waals surface area contributed by atoms with Gasteiger partial charge < -0.3 is 50.4 Å². The molecule has 1 amide bonds. The maximum atomic E-state index is 12.5. The molecule has 0 radical (unpaired) electrons. The smallest absolute Gasteiger partial charge is 0.322 e. The van der Waals surface area contributed by atoms with Gasteiger partial charge in [-0.25, -0.2) is 0 Å². The van der Waals surface area contributed by atoms with Gasteiger partial charge in [0.2, 0.25) is 0 Å². The third kappa shape index (κ3) is 15.6. The van der Waals surface area contributed by atoms with Crippen LogP contribution in [0.3, 0.4) is 0 Å². The Bertz CT molecular complexity index is 3770. The van der Waals surface area contributed by atoms with Gasteiger partial charge in [-0.05, 0) is 198 Å². The molecule has 12 aliphatic rings. The molecular formula is C84H107Cl2N5O7. The van der Waals surface area contributed by atoms with Crippen molar-refractivity contribution in [2.75, 3.05) is 85.1 Å². The molecule has 0 saturated carbocycles. The quantitative estimate of drug-likeness (QED) is 0.0454. The Morgan fingerprint density at radius 1 is 0.490 bits per heavy atom. The lowest BCUT2D eigenvalue weighted by Gasteiger charge is -2.51.